The van der Waals surface area contributed by atoms with Crippen LogP contribution >= 0.6 is 46.1 Å². The SMILES string of the molecule is Clc1cc(Cl)cc(Nc2nc3cccc(Cl)c3s2)c1. The van der Waals surface area contributed by atoms with Gasteiger partial charge < -0.3 is 5.32 Å². The third-order valence-corrected chi connectivity index (χ3v) is 4.36. The van der Waals surface area contributed by atoms with Crippen LogP contribution in [0.3, 0.4) is 0 Å². The minimum absolute atomic E-state index is 0.578. The van der Waals surface area contributed by atoms with E-state index in [1.807, 2.05) is 18.2 Å². The van der Waals surface area contributed by atoms with E-state index in [9.17, 15) is 0 Å². The molecule has 0 radical (unpaired) electrons. The smallest absolute Gasteiger partial charge is 0.188 e. The number of fused-ring (bicyclic) bond motifs is 1. The molecule has 0 aliphatic rings. The Bertz CT molecular complexity index is 734. The molecule has 0 aliphatic heterocycles. The number of nitrogens with zero attached hydrogens (tertiary/aromatic N) is 1. The molecule has 2 aromatic carbocycles. The van der Waals surface area contributed by atoms with Gasteiger partial charge in [0.1, 0.15) is 0 Å². The fourth-order valence-electron chi connectivity index (χ4n) is 1.72. The Balaban J connectivity index is 1.99. The van der Waals surface area contributed by atoms with Crippen LogP contribution in [0, 0.1) is 0 Å². The summed E-state index contributed by atoms with van der Waals surface area (Å²) >= 11 is 19.5. The summed E-state index contributed by atoms with van der Waals surface area (Å²) in [5.41, 5.74) is 1.67. The van der Waals surface area contributed by atoms with Gasteiger partial charge in [0, 0.05) is 15.7 Å². The number of benzene rings is 2. The number of thiazole rings is 1. The molecular formula is C13H7Cl3N2S. The summed E-state index contributed by atoms with van der Waals surface area (Å²) in [6, 6.07) is 10.9. The lowest BCUT2D eigenvalue weighted by Crippen LogP contribution is -1.88. The van der Waals surface area contributed by atoms with Crippen molar-refractivity contribution in [1.29, 1.82) is 0 Å². The molecule has 0 fully saturated rings. The summed E-state index contributed by atoms with van der Waals surface area (Å²) in [5.74, 6) is 0. The fraction of sp³-hybridized carbons (Fsp3) is 0. The van der Waals surface area contributed by atoms with Gasteiger partial charge in [-0.25, -0.2) is 4.98 Å². The zero-order chi connectivity index (χ0) is 13.4. The highest BCUT2D eigenvalue weighted by atomic mass is 35.5. The Kier molecular flexibility index (Phi) is 3.54. The van der Waals surface area contributed by atoms with E-state index < -0.39 is 0 Å². The monoisotopic (exact) mass is 328 g/mol. The van der Waals surface area contributed by atoms with Crippen molar-refractivity contribution in [3.05, 3.63) is 51.5 Å². The van der Waals surface area contributed by atoms with Crippen LogP contribution in [0.2, 0.25) is 15.1 Å². The number of nitrogens with one attached hydrogen (secondary N) is 1. The Morgan fingerprint density at radius 3 is 2.42 bits per heavy atom. The van der Waals surface area contributed by atoms with E-state index >= 15 is 0 Å². The number of rotatable bonds is 2. The molecule has 1 aromatic heterocycles. The highest BCUT2D eigenvalue weighted by molar-refractivity contribution is 7.22. The highest BCUT2D eigenvalue weighted by Crippen LogP contribution is 2.34. The van der Waals surface area contributed by atoms with E-state index in [1.54, 1.807) is 18.2 Å². The first-order valence-corrected chi connectivity index (χ1v) is 7.35. The Morgan fingerprint density at radius 2 is 1.74 bits per heavy atom. The van der Waals surface area contributed by atoms with Crippen molar-refractivity contribution >= 4 is 67.2 Å². The van der Waals surface area contributed by atoms with Crippen LogP contribution in [0.5, 0.6) is 0 Å². The third kappa shape index (κ3) is 2.79. The zero-order valence-electron chi connectivity index (χ0n) is 9.45. The predicted molar refractivity (Wildman–Crippen MR) is 84.4 cm³/mol. The van der Waals surface area contributed by atoms with Gasteiger partial charge in [-0.2, -0.15) is 0 Å². The summed E-state index contributed by atoms with van der Waals surface area (Å²) in [7, 11) is 0. The quantitative estimate of drug-likeness (QED) is 0.623. The van der Waals surface area contributed by atoms with Crippen LogP contribution in [0.15, 0.2) is 36.4 Å². The van der Waals surface area contributed by atoms with Gasteiger partial charge >= 0.3 is 0 Å². The third-order valence-electron chi connectivity index (χ3n) is 2.48. The second kappa shape index (κ2) is 5.17. The lowest BCUT2D eigenvalue weighted by molar-refractivity contribution is 1.44. The molecule has 0 aliphatic carbocycles. The molecule has 0 unspecified atom stereocenters. The van der Waals surface area contributed by atoms with Gasteiger partial charge in [0.15, 0.2) is 5.13 Å². The Morgan fingerprint density at radius 1 is 1.00 bits per heavy atom. The zero-order valence-corrected chi connectivity index (χ0v) is 12.5. The van der Waals surface area contributed by atoms with Crippen LogP contribution in [0.4, 0.5) is 10.8 Å². The van der Waals surface area contributed by atoms with E-state index in [1.165, 1.54) is 11.3 Å². The maximum Gasteiger partial charge on any atom is 0.188 e. The summed E-state index contributed by atoms with van der Waals surface area (Å²) < 4.78 is 0.958. The Hall–Kier alpha value is -1.000. The number of aromatic nitrogens is 1. The van der Waals surface area contributed by atoms with Crippen molar-refractivity contribution in [2.75, 3.05) is 5.32 Å². The van der Waals surface area contributed by atoms with Gasteiger partial charge in [0.2, 0.25) is 0 Å². The van der Waals surface area contributed by atoms with Crippen molar-refractivity contribution in [2.45, 2.75) is 0 Å². The number of halogens is 3. The molecule has 3 rings (SSSR count). The average molecular weight is 330 g/mol. The van der Waals surface area contributed by atoms with Crippen molar-refractivity contribution < 1.29 is 0 Å². The summed E-state index contributed by atoms with van der Waals surface area (Å²) in [4.78, 5) is 4.46. The van der Waals surface area contributed by atoms with Crippen LogP contribution in [-0.4, -0.2) is 4.98 Å². The van der Waals surface area contributed by atoms with Crippen LogP contribution < -0.4 is 5.32 Å². The molecule has 0 amide bonds. The maximum absolute atomic E-state index is 6.12. The first-order chi connectivity index (χ1) is 9.11. The first kappa shape index (κ1) is 13.0. The van der Waals surface area contributed by atoms with Crippen LogP contribution in [-0.2, 0) is 0 Å². The van der Waals surface area contributed by atoms with Crippen molar-refractivity contribution in [3.63, 3.8) is 0 Å². The lowest BCUT2D eigenvalue weighted by atomic mass is 10.3. The van der Waals surface area contributed by atoms with E-state index in [0.29, 0.717) is 15.1 Å². The number of hydrogen-bond acceptors (Lipinski definition) is 3. The molecule has 1 heterocycles. The molecule has 2 nitrogen and oxygen atoms in total. The summed E-state index contributed by atoms with van der Waals surface area (Å²) in [6.45, 7) is 0. The van der Waals surface area contributed by atoms with Gasteiger partial charge in [-0.3, -0.25) is 0 Å². The number of anilines is 2. The molecule has 0 spiro atoms. The van der Waals surface area contributed by atoms with Gasteiger partial charge in [-0.1, -0.05) is 52.2 Å². The molecule has 0 bridgehead atoms. The van der Waals surface area contributed by atoms with Gasteiger partial charge in [0.25, 0.3) is 0 Å². The molecule has 6 heteroatoms. The van der Waals surface area contributed by atoms with E-state index in [2.05, 4.69) is 10.3 Å². The second-order valence-electron chi connectivity index (χ2n) is 3.89. The minimum atomic E-state index is 0.578. The first-order valence-electron chi connectivity index (χ1n) is 5.40. The fourth-order valence-corrected chi connectivity index (χ4v) is 3.42. The lowest BCUT2D eigenvalue weighted by Gasteiger charge is -2.03. The molecule has 19 heavy (non-hydrogen) atoms. The largest absolute Gasteiger partial charge is 0.331 e. The van der Waals surface area contributed by atoms with Crippen LogP contribution in [0.1, 0.15) is 0 Å². The van der Waals surface area contributed by atoms with Crippen LogP contribution in [0.25, 0.3) is 10.2 Å². The average Bonchev–Trinajstić information content (AvgIpc) is 2.71. The summed E-state index contributed by atoms with van der Waals surface area (Å²) in [6.07, 6.45) is 0. The Labute approximate surface area is 128 Å². The molecule has 0 saturated heterocycles. The number of hydrogen-bond donors (Lipinski definition) is 1. The van der Waals surface area contributed by atoms with E-state index in [0.717, 1.165) is 21.0 Å². The van der Waals surface area contributed by atoms with E-state index in [-0.39, 0.29) is 0 Å². The standard InChI is InChI=1S/C13H7Cl3N2S/c14-7-4-8(15)6-9(5-7)17-13-18-11-3-1-2-10(16)12(11)19-13/h1-6H,(H,17,18). The molecular weight excluding hydrogens is 323 g/mol. The van der Waals surface area contributed by atoms with Crippen molar-refractivity contribution in [2.24, 2.45) is 0 Å². The minimum Gasteiger partial charge on any atom is -0.331 e. The van der Waals surface area contributed by atoms with E-state index in [4.69, 9.17) is 34.8 Å². The van der Waals surface area contributed by atoms with Gasteiger partial charge in [0.05, 0.1) is 15.2 Å². The van der Waals surface area contributed by atoms with Crippen molar-refractivity contribution in [3.8, 4) is 0 Å². The van der Waals surface area contributed by atoms with Crippen molar-refractivity contribution in [1.82, 2.24) is 4.98 Å². The van der Waals surface area contributed by atoms with Gasteiger partial charge in [-0.15, -0.1) is 0 Å². The highest BCUT2D eigenvalue weighted by Gasteiger charge is 2.07. The predicted octanol–water partition coefficient (Wildman–Crippen LogP) is 6.00. The molecule has 3 aromatic rings. The molecule has 0 saturated carbocycles. The summed E-state index contributed by atoms with van der Waals surface area (Å²) in [5, 5.41) is 5.79. The topological polar surface area (TPSA) is 24.9 Å². The maximum atomic E-state index is 6.12. The van der Waals surface area contributed by atoms with Gasteiger partial charge in [-0.05, 0) is 30.3 Å². The normalized spacial score (nSPS) is 10.9. The molecule has 96 valence electrons. The molecule has 1 N–H and O–H groups in total. The molecule has 0 atom stereocenters. The second-order valence-corrected chi connectivity index (χ2v) is 6.17.